The molecule has 0 aliphatic heterocycles. The second-order valence-electron chi connectivity index (χ2n) is 24.9. The van der Waals surface area contributed by atoms with E-state index in [0.29, 0.717) is 25.9 Å². The molecule has 6 nitrogen and oxygen atoms in total. The Morgan fingerprint density at radius 2 is 0.532 bits per heavy atom. The smallest absolute Gasteiger partial charge is 0.305 e. The first-order valence-electron chi connectivity index (χ1n) is 35.8. The molecule has 0 aliphatic carbocycles. The van der Waals surface area contributed by atoms with Crippen LogP contribution < -0.4 is 5.32 Å². The first-order chi connectivity index (χ1) is 38.0. The molecule has 0 saturated carbocycles. The van der Waals surface area contributed by atoms with E-state index in [9.17, 15) is 19.8 Å². The monoisotopic (exact) mass is 1090 g/mol. The SMILES string of the molecule is CCCCCCCCCCCCCCCC(O)C(CO)NC(=O)CCCCCCCCCCCCCCCCCCCCCCCCCCCCCCCCCCCCCOC(=O)CCCCCCCCCCCCCC. The molecule has 0 bridgehead atoms. The average molecular weight is 1090 g/mol. The molecule has 0 spiro atoms. The van der Waals surface area contributed by atoms with Gasteiger partial charge in [-0.25, -0.2) is 0 Å². The molecule has 77 heavy (non-hydrogen) atoms. The number of aliphatic hydroxyl groups excluding tert-OH is 2. The maximum atomic E-state index is 12.5. The number of ether oxygens (including phenoxy) is 1. The summed E-state index contributed by atoms with van der Waals surface area (Å²) < 4.78 is 5.49. The summed E-state index contributed by atoms with van der Waals surface area (Å²) in [7, 11) is 0. The largest absolute Gasteiger partial charge is 0.466 e. The Morgan fingerprint density at radius 1 is 0.312 bits per heavy atom. The van der Waals surface area contributed by atoms with Crippen molar-refractivity contribution in [1.82, 2.24) is 5.32 Å². The summed E-state index contributed by atoms with van der Waals surface area (Å²) >= 11 is 0. The summed E-state index contributed by atoms with van der Waals surface area (Å²) in [5.74, 6) is -0.00249. The molecule has 460 valence electrons. The van der Waals surface area contributed by atoms with Crippen molar-refractivity contribution in [2.24, 2.45) is 0 Å². The highest BCUT2D eigenvalue weighted by molar-refractivity contribution is 5.76. The molecule has 6 heteroatoms. The van der Waals surface area contributed by atoms with Crippen LogP contribution in [-0.2, 0) is 14.3 Å². The van der Waals surface area contributed by atoms with Crippen LogP contribution in [0.3, 0.4) is 0 Å². The minimum atomic E-state index is -0.658. The van der Waals surface area contributed by atoms with Crippen molar-refractivity contribution >= 4 is 11.9 Å². The fourth-order valence-corrected chi connectivity index (χ4v) is 11.7. The molecule has 2 unspecified atom stereocenters. The summed E-state index contributed by atoms with van der Waals surface area (Å²) in [5.41, 5.74) is 0. The first kappa shape index (κ1) is 75.9. The standard InChI is InChI=1S/C71H141NO5/c1-3-5-7-9-11-13-15-40-43-47-51-55-59-63-69(74)68(67-73)72-70(75)64-60-56-52-48-44-41-38-36-34-32-30-28-26-24-22-20-18-17-19-21-23-25-27-29-31-33-35-37-39-42-46-50-54-58-62-66-77-71(76)65-61-57-53-49-45-16-14-12-10-8-6-4-2/h68-69,73-74H,3-67H2,1-2H3,(H,72,75). The quantitative estimate of drug-likeness (QED) is 0.0417. The van der Waals surface area contributed by atoms with Crippen molar-refractivity contribution < 1.29 is 24.5 Å². The van der Waals surface area contributed by atoms with E-state index in [1.807, 2.05) is 0 Å². The number of carbonyl (C=O) groups excluding carboxylic acids is 2. The maximum absolute atomic E-state index is 12.5. The van der Waals surface area contributed by atoms with Crippen LogP contribution in [0, 0.1) is 0 Å². The van der Waals surface area contributed by atoms with Gasteiger partial charge >= 0.3 is 5.97 Å². The van der Waals surface area contributed by atoms with Crippen LogP contribution in [0.5, 0.6) is 0 Å². The van der Waals surface area contributed by atoms with Crippen LogP contribution in [0.15, 0.2) is 0 Å². The molecule has 0 aliphatic rings. The molecule has 0 fully saturated rings. The number of carbonyl (C=O) groups is 2. The van der Waals surface area contributed by atoms with Crippen molar-refractivity contribution in [1.29, 1.82) is 0 Å². The summed E-state index contributed by atoms with van der Waals surface area (Å²) in [6.07, 6.45) is 81.7. The summed E-state index contributed by atoms with van der Waals surface area (Å²) in [6, 6.07) is -0.535. The number of hydrogen-bond acceptors (Lipinski definition) is 5. The van der Waals surface area contributed by atoms with E-state index in [2.05, 4.69) is 19.2 Å². The van der Waals surface area contributed by atoms with Gasteiger partial charge in [0, 0.05) is 12.8 Å². The zero-order valence-corrected chi connectivity index (χ0v) is 52.7. The second kappa shape index (κ2) is 67.4. The lowest BCUT2D eigenvalue weighted by atomic mass is 10.0. The molecule has 1 amide bonds. The topological polar surface area (TPSA) is 95.9 Å². The van der Waals surface area contributed by atoms with Gasteiger partial charge in [0.1, 0.15) is 0 Å². The molecule has 0 aromatic heterocycles. The van der Waals surface area contributed by atoms with Crippen LogP contribution in [0.1, 0.15) is 418 Å². The molecule has 0 aromatic rings. The third-order valence-corrected chi connectivity index (χ3v) is 17.2. The van der Waals surface area contributed by atoms with Gasteiger partial charge in [0.05, 0.1) is 25.4 Å². The number of esters is 1. The lowest BCUT2D eigenvalue weighted by Crippen LogP contribution is -2.45. The van der Waals surface area contributed by atoms with Crippen LogP contribution in [0.2, 0.25) is 0 Å². The molecule has 0 aromatic carbocycles. The highest BCUT2D eigenvalue weighted by Crippen LogP contribution is 2.20. The van der Waals surface area contributed by atoms with Gasteiger partial charge in [0.25, 0.3) is 0 Å². The highest BCUT2D eigenvalue weighted by atomic mass is 16.5. The van der Waals surface area contributed by atoms with Gasteiger partial charge in [-0.05, 0) is 25.7 Å². The predicted octanol–water partition coefficient (Wildman–Crippen LogP) is 23.0. The summed E-state index contributed by atoms with van der Waals surface area (Å²) in [4.78, 5) is 24.5. The van der Waals surface area contributed by atoms with Gasteiger partial charge in [-0.3, -0.25) is 9.59 Å². The maximum Gasteiger partial charge on any atom is 0.305 e. The predicted molar refractivity (Wildman–Crippen MR) is 338 cm³/mol. The van der Waals surface area contributed by atoms with E-state index < -0.39 is 12.1 Å². The Balaban J connectivity index is 3.28. The third-order valence-electron chi connectivity index (χ3n) is 17.2. The van der Waals surface area contributed by atoms with Crippen molar-refractivity contribution in [2.45, 2.75) is 431 Å². The number of unbranched alkanes of at least 4 members (excludes halogenated alkanes) is 57. The van der Waals surface area contributed by atoms with E-state index in [1.54, 1.807) is 0 Å². The Kier molecular flexibility index (Phi) is 66.4. The second-order valence-corrected chi connectivity index (χ2v) is 24.9. The van der Waals surface area contributed by atoms with Gasteiger partial charge in [-0.1, -0.05) is 380 Å². The summed E-state index contributed by atoms with van der Waals surface area (Å²) in [5, 5.41) is 23.3. The van der Waals surface area contributed by atoms with Gasteiger partial charge in [0.15, 0.2) is 0 Å². The first-order valence-corrected chi connectivity index (χ1v) is 35.8. The van der Waals surface area contributed by atoms with E-state index >= 15 is 0 Å². The van der Waals surface area contributed by atoms with E-state index in [-0.39, 0.29) is 18.5 Å². The zero-order chi connectivity index (χ0) is 55.7. The molecule has 0 rings (SSSR count). The number of rotatable bonds is 68. The van der Waals surface area contributed by atoms with E-state index in [0.717, 1.165) is 38.5 Å². The molecule has 0 saturated heterocycles. The third kappa shape index (κ3) is 63.9. The van der Waals surface area contributed by atoms with Crippen molar-refractivity contribution in [3.63, 3.8) is 0 Å². The number of aliphatic hydroxyl groups is 2. The van der Waals surface area contributed by atoms with Crippen molar-refractivity contribution in [2.75, 3.05) is 13.2 Å². The Hall–Kier alpha value is -1.14. The van der Waals surface area contributed by atoms with Gasteiger partial charge < -0.3 is 20.3 Å². The van der Waals surface area contributed by atoms with Crippen LogP contribution in [0.25, 0.3) is 0 Å². The number of amides is 1. The lowest BCUT2D eigenvalue weighted by Gasteiger charge is -2.22. The molecular formula is C71H141NO5. The molecular weight excluding hydrogens is 947 g/mol. The van der Waals surface area contributed by atoms with Gasteiger partial charge in [0.2, 0.25) is 5.91 Å². The van der Waals surface area contributed by atoms with Crippen molar-refractivity contribution in [3.05, 3.63) is 0 Å². The number of hydrogen-bond donors (Lipinski definition) is 3. The Morgan fingerprint density at radius 3 is 0.792 bits per heavy atom. The Labute approximate surface area is 483 Å². The van der Waals surface area contributed by atoms with Crippen LogP contribution in [0.4, 0.5) is 0 Å². The highest BCUT2D eigenvalue weighted by Gasteiger charge is 2.20. The Bertz CT molecular complexity index is 1120. The van der Waals surface area contributed by atoms with Gasteiger partial charge in [-0.15, -0.1) is 0 Å². The fourth-order valence-electron chi connectivity index (χ4n) is 11.7. The molecule has 0 heterocycles. The molecule has 0 radical (unpaired) electrons. The van der Waals surface area contributed by atoms with Crippen molar-refractivity contribution in [3.8, 4) is 0 Å². The number of nitrogens with one attached hydrogen (secondary N) is 1. The van der Waals surface area contributed by atoms with Gasteiger partial charge in [-0.2, -0.15) is 0 Å². The van der Waals surface area contributed by atoms with E-state index in [4.69, 9.17) is 4.74 Å². The average Bonchev–Trinajstić information content (AvgIpc) is 3.43. The van der Waals surface area contributed by atoms with E-state index in [1.165, 1.54) is 347 Å². The van der Waals surface area contributed by atoms with Crippen LogP contribution in [-0.4, -0.2) is 47.4 Å². The zero-order valence-electron chi connectivity index (χ0n) is 52.7. The lowest BCUT2D eigenvalue weighted by molar-refractivity contribution is -0.143. The minimum absolute atomic E-state index is 0.0243. The molecule has 2 atom stereocenters. The fraction of sp³-hybridized carbons (Fsp3) is 0.972. The molecule has 3 N–H and O–H groups in total. The minimum Gasteiger partial charge on any atom is -0.466 e. The normalized spacial score (nSPS) is 12.4. The van der Waals surface area contributed by atoms with Crippen LogP contribution >= 0.6 is 0 Å². The summed E-state index contributed by atoms with van der Waals surface area (Å²) in [6.45, 7) is 4.99.